The predicted octanol–water partition coefficient (Wildman–Crippen LogP) is 4.27. The van der Waals surface area contributed by atoms with Crippen LogP contribution < -0.4 is 10.2 Å². The van der Waals surface area contributed by atoms with Crippen molar-refractivity contribution in [1.82, 2.24) is 24.7 Å². The van der Waals surface area contributed by atoms with Crippen LogP contribution in [0.25, 0.3) is 11.1 Å². The second-order valence-electron chi connectivity index (χ2n) is 6.88. The van der Waals surface area contributed by atoms with Crippen LogP contribution in [0, 0.1) is 5.82 Å². The third kappa shape index (κ3) is 4.35. The van der Waals surface area contributed by atoms with Crippen molar-refractivity contribution in [2.24, 2.45) is 7.05 Å². The number of rotatable bonds is 6. The third-order valence-electron chi connectivity index (χ3n) is 4.64. The number of aromatic nitrogens is 5. The minimum Gasteiger partial charge on any atom is -0.478 e. The van der Waals surface area contributed by atoms with Crippen molar-refractivity contribution in [2.45, 2.75) is 0 Å². The van der Waals surface area contributed by atoms with Crippen LogP contribution in [0.1, 0.15) is 10.4 Å². The van der Waals surface area contributed by atoms with E-state index in [-0.39, 0.29) is 16.5 Å². The van der Waals surface area contributed by atoms with Crippen LogP contribution in [0.5, 0.6) is 0 Å². The molecule has 0 bridgehead atoms. The van der Waals surface area contributed by atoms with Crippen LogP contribution in [0.15, 0.2) is 55.2 Å². The molecule has 0 unspecified atom stereocenters. The second kappa shape index (κ2) is 8.60. The number of hydrogen-bond donors (Lipinski definition) is 2. The first-order chi connectivity index (χ1) is 15.3. The Bertz CT molecular complexity index is 1310. The molecule has 2 N–H and O–H groups in total. The summed E-state index contributed by atoms with van der Waals surface area (Å²) in [5.74, 6) is -0.900. The average molecular weight is 454 g/mol. The van der Waals surface area contributed by atoms with Crippen molar-refractivity contribution in [3.63, 3.8) is 0 Å². The third-order valence-corrected chi connectivity index (χ3v) is 4.93. The van der Waals surface area contributed by atoms with Crippen molar-refractivity contribution in [3.05, 3.63) is 71.7 Å². The van der Waals surface area contributed by atoms with Gasteiger partial charge < -0.3 is 15.3 Å². The summed E-state index contributed by atoms with van der Waals surface area (Å²) in [6, 6.07) is 5.69. The summed E-state index contributed by atoms with van der Waals surface area (Å²) >= 11 is 5.86. The van der Waals surface area contributed by atoms with Crippen LogP contribution >= 0.6 is 11.6 Å². The molecule has 0 atom stereocenters. The Balaban J connectivity index is 1.79. The molecule has 0 fully saturated rings. The first-order valence-electron chi connectivity index (χ1n) is 9.32. The van der Waals surface area contributed by atoms with E-state index < -0.39 is 11.8 Å². The molecule has 0 aliphatic rings. The minimum atomic E-state index is -1.09. The van der Waals surface area contributed by atoms with E-state index in [2.05, 4.69) is 25.4 Å². The summed E-state index contributed by atoms with van der Waals surface area (Å²) in [6.45, 7) is 0. The number of carboxylic acids is 1. The number of aromatic carboxylic acids is 1. The van der Waals surface area contributed by atoms with Gasteiger partial charge in [0.15, 0.2) is 0 Å². The maximum absolute atomic E-state index is 13.5. The Labute approximate surface area is 187 Å². The maximum atomic E-state index is 13.5. The summed E-state index contributed by atoms with van der Waals surface area (Å²) in [4.78, 5) is 26.2. The van der Waals surface area contributed by atoms with E-state index in [0.717, 1.165) is 5.69 Å². The molecule has 0 aliphatic heterocycles. The van der Waals surface area contributed by atoms with Gasteiger partial charge in [-0.2, -0.15) is 10.1 Å². The second-order valence-corrected chi connectivity index (χ2v) is 7.29. The standard InChI is InChI=1S/C21H17ClFN7O2/c1-29-11-15(9-26-29)30(2)19-16(12-5-13(20(31)32)8-24-7-12)10-25-21(28-19)27-14-3-4-18(23)17(22)6-14/h3-11H,1-2H3,(H,31,32)(H,25,27,28). The van der Waals surface area contributed by atoms with Gasteiger partial charge in [-0.3, -0.25) is 9.67 Å². The van der Waals surface area contributed by atoms with Crippen molar-refractivity contribution in [1.29, 1.82) is 0 Å². The molecule has 0 radical (unpaired) electrons. The molecule has 0 saturated heterocycles. The van der Waals surface area contributed by atoms with Crippen molar-refractivity contribution >= 4 is 40.7 Å². The van der Waals surface area contributed by atoms with Gasteiger partial charge in [-0.15, -0.1) is 0 Å². The summed E-state index contributed by atoms with van der Waals surface area (Å²) in [6.07, 6.45) is 7.85. The smallest absolute Gasteiger partial charge is 0.337 e. The fourth-order valence-corrected chi connectivity index (χ4v) is 3.18. The number of aryl methyl sites for hydroxylation is 1. The number of pyridine rings is 1. The fourth-order valence-electron chi connectivity index (χ4n) is 3.00. The van der Waals surface area contributed by atoms with Crippen LogP contribution in [-0.4, -0.2) is 42.9 Å². The fraction of sp³-hybridized carbons (Fsp3) is 0.0952. The largest absolute Gasteiger partial charge is 0.478 e. The van der Waals surface area contributed by atoms with Crippen molar-refractivity contribution in [3.8, 4) is 11.1 Å². The maximum Gasteiger partial charge on any atom is 0.337 e. The summed E-state index contributed by atoms with van der Waals surface area (Å²) in [7, 11) is 3.60. The lowest BCUT2D eigenvalue weighted by Crippen LogP contribution is -2.14. The molecular weight excluding hydrogens is 437 g/mol. The zero-order valence-electron chi connectivity index (χ0n) is 17.0. The highest BCUT2D eigenvalue weighted by molar-refractivity contribution is 6.31. The molecule has 32 heavy (non-hydrogen) atoms. The molecule has 3 aromatic heterocycles. The van der Waals surface area contributed by atoms with E-state index in [4.69, 9.17) is 11.6 Å². The van der Waals surface area contributed by atoms with E-state index in [1.54, 1.807) is 42.3 Å². The number of hydrogen-bond acceptors (Lipinski definition) is 7. The number of nitrogens with one attached hydrogen (secondary N) is 1. The van der Waals surface area contributed by atoms with Crippen LogP contribution in [0.4, 0.5) is 27.5 Å². The zero-order valence-corrected chi connectivity index (χ0v) is 17.7. The lowest BCUT2D eigenvalue weighted by molar-refractivity contribution is 0.0696. The molecule has 4 aromatic rings. The number of anilines is 4. The number of nitrogens with zero attached hydrogens (tertiary/aromatic N) is 6. The van der Waals surface area contributed by atoms with Gasteiger partial charge in [0.2, 0.25) is 5.95 Å². The van der Waals surface area contributed by atoms with Gasteiger partial charge >= 0.3 is 5.97 Å². The molecule has 162 valence electrons. The number of benzene rings is 1. The van der Waals surface area contributed by atoms with Gasteiger partial charge in [-0.25, -0.2) is 14.2 Å². The van der Waals surface area contributed by atoms with E-state index in [1.807, 2.05) is 6.20 Å². The van der Waals surface area contributed by atoms with Gasteiger partial charge in [0, 0.05) is 55.7 Å². The Morgan fingerprint density at radius 1 is 1.22 bits per heavy atom. The Kier molecular flexibility index (Phi) is 5.69. The van der Waals surface area contributed by atoms with E-state index >= 15 is 0 Å². The Hall–Kier alpha value is -4.05. The van der Waals surface area contributed by atoms with Crippen LogP contribution in [0.3, 0.4) is 0 Å². The molecule has 0 saturated carbocycles. The van der Waals surface area contributed by atoms with E-state index in [0.29, 0.717) is 22.6 Å². The lowest BCUT2D eigenvalue weighted by atomic mass is 10.1. The molecule has 0 spiro atoms. The molecule has 4 rings (SSSR count). The normalized spacial score (nSPS) is 10.8. The number of carbonyl (C=O) groups is 1. The summed E-state index contributed by atoms with van der Waals surface area (Å²) < 4.78 is 15.1. The molecule has 1 aromatic carbocycles. The first kappa shape index (κ1) is 21.2. The average Bonchev–Trinajstić information content (AvgIpc) is 3.22. The zero-order chi connectivity index (χ0) is 22.8. The minimum absolute atomic E-state index is 0.0316. The monoisotopic (exact) mass is 453 g/mol. The predicted molar refractivity (Wildman–Crippen MR) is 118 cm³/mol. The van der Waals surface area contributed by atoms with Crippen molar-refractivity contribution in [2.75, 3.05) is 17.3 Å². The van der Waals surface area contributed by atoms with Crippen LogP contribution in [0.2, 0.25) is 5.02 Å². The highest BCUT2D eigenvalue weighted by Gasteiger charge is 2.18. The molecule has 3 heterocycles. The quantitative estimate of drug-likeness (QED) is 0.445. The van der Waals surface area contributed by atoms with Gasteiger partial charge in [-0.1, -0.05) is 11.6 Å². The number of halogens is 2. The molecule has 9 nitrogen and oxygen atoms in total. The van der Waals surface area contributed by atoms with Gasteiger partial charge in [-0.05, 0) is 24.3 Å². The van der Waals surface area contributed by atoms with E-state index in [1.165, 1.54) is 30.5 Å². The topological polar surface area (TPSA) is 109 Å². The SMILES string of the molecule is CN(c1cnn(C)c1)c1nc(Nc2ccc(F)c(Cl)c2)ncc1-c1cncc(C(=O)O)c1. The van der Waals surface area contributed by atoms with Gasteiger partial charge in [0.05, 0.1) is 22.5 Å². The Morgan fingerprint density at radius 2 is 2.03 bits per heavy atom. The first-order valence-corrected chi connectivity index (χ1v) is 9.70. The van der Waals surface area contributed by atoms with Crippen molar-refractivity contribution < 1.29 is 14.3 Å². The lowest BCUT2D eigenvalue weighted by Gasteiger charge is -2.20. The van der Waals surface area contributed by atoms with Gasteiger partial charge in [0.1, 0.15) is 11.6 Å². The molecular formula is C21H17ClFN7O2. The van der Waals surface area contributed by atoms with E-state index in [9.17, 15) is 14.3 Å². The molecule has 0 aliphatic carbocycles. The summed E-state index contributed by atoms with van der Waals surface area (Å²) in [5.41, 5.74) is 2.40. The Morgan fingerprint density at radius 3 is 2.72 bits per heavy atom. The number of carboxylic acid groups (broad SMARTS) is 1. The van der Waals surface area contributed by atoms with Gasteiger partial charge in [0.25, 0.3) is 0 Å². The molecule has 0 amide bonds. The highest BCUT2D eigenvalue weighted by atomic mass is 35.5. The highest BCUT2D eigenvalue weighted by Crippen LogP contribution is 2.33. The summed E-state index contributed by atoms with van der Waals surface area (Å²) in [5, 5.41) is 16.5. The molecule has 11 heteroatoms. The van der Waals surface area contributed by atoms with Crippen LogP contribution in [-0.2, 0) is 7.05 Å².